The number of benzene rings is 1. The Hall–Kier alpha value is -1.37. The van der Waals surface area contributed by atoms with Gasteiger partial charge in [0.25, 0.3) is 0 Å². The van der Waals surface area contributed by atoms with Crippen molar-refractivity contribution < 1.29 is 9.53 Å². The first-order chi connectivity index (χ1) is 10.7. The van der Waals surface area contributed by atoms with Gasteiger partial charge in [-0.2, -0.15) is 0 Å². The first kappa shape index (κ1) is 18.0. The number of carbonyl (C=O) groups excluding carboxylic acids is 1. The average molecular weight is 356 g/mol. The van der Waals surface area contributed by atoms with Gasteiger partial charge in [0.05, 0.1) is 16.8 Å². The summed E-state index contributed by atoms with van der Waals surface area (Å²) in [6, 6.07) is 5.80. The molecular weight excluding hydrogens is 334 g/mol. The van der Waals surface area contributed by atoms with E-state index >= 15 is 0 Å². The molecular formula is C16H22ClN3O2S. The molecule has 1 saturated heterocycles. The van der Waals surface area contributed by atoms with Gasteiger partial charge in [0.15, 0.2) is 5.13 Å². The number of carbonyl (C=O) groups is 1. The molecule has 0 aliphatic carbocycles. The molecule has 23 heavy (non-hydrogen) atoms. The van der Waals surface area contributed by atoms with Gasteiger partial charge in [-0.05, 0) is 57.0 Å². The molecule has 1 fully saturated rings. The Morgan fingerprint density at radius 2 is 2.39 bits per heavy atom. The minimum Gasteiger partial charge on any atom is -0.494 e. The number of rotatable bonds is 6. The number of hydrogen-bond donors (Lipinski definition) is 2. The molecule has 0 saturated carbocycles. The van der Waals surface area contributed by atoms with E-state index in [0.29, 0.717) is 24.1 Å². The normalized spacial score (nSPS) is 17.0. The fourth-order valence-corrected chi connectivity index (χ4v) is 3.60. The van der Waals surface area contributed by atoms with Crippen LogP contribution in [0.15, 0.2) is 18.2 Å². The van der Waals surface area contributed by atoms with Crippen molar-refractivity contribution in [2.45, 2.75) is 26.2 Å². The maximum Gasteiger partial charge on any atom is 0.226 e. The van der Waals surface area contributed by atoms with Gasteiger partial charge in [0.1, 0.15) is 5.75 Å². The zero-order valence-electron chi connectivity index (χ0n) is 13.1. The number of fused-ring (bicyclic) bond motifs is 1. The van der Waals surface area contributed by atoms with Crippen molar-refractivity contribution in [1.29, 1.82) is 0 Å². The number of anilines is 1. The molecule has 1 amide bonds. The second-order valence-electron chi connectivity index (χ2n) is 5.53. The van der Waals surface area contributed by atoms with Crippen molar-refractivity contribution in [3.05, 3.63) is 18.2 Å². The van der Waals surface area contributed by atoms with Crippen LogP contribution in [0.1, 0.15) is 26.2 Å². The van der Waals surface area contributed by atoms with Crippen molar-refractivity contribution in [2.24, 2.45) is 5.92 Å². The lowest BCUT2D eigenvalue weighted by Crippen LogP contribution is -2.14. The molecule has 7 heteroatoms. The number of thiazole rings is 1. The maximum atomic E-state index is 12.0. The van der Waals surface area contributed by atoms with E-state index in [2.05, 4.69) is 15.6 Å². The van der Waals surface area contributed by atoms with Crippen LogP contribution in [0.2, 0.25) is 0 Å². The van der Waals surface area contributed by atoms with E-state index in [1.54, 1.807) is 0 Å². The van der Waals surface area contributed by atoms with E-state index < -0.39 is 0 Å². The molecule has 5 nitrogen and oxygen atoms in total. The Morgan fingerprint density at radius 3 is 3.13 bits per heavy atom. The monoisotopic (exact) mass is 355 g/mol. The van der Waals surface area contributed by atoms with Crippen LogP contribution in [-0.4, -0.2) is 30.6 Å². The molecule has 2 aromatic rings. The smallest absolute Gasteiger partial charge is 0.226 e. The number of hydrogen-bond acceptors (Lipinski definition) is 5. The van der Waals surface area contributed by atoms with Crippen LogP contribution in [0.3, 0.4) is 0 Å². The molecule has 0 bridgehead atoms. The third-order valence-corrected chi connectivity index (χ3v) is 4.79. The van der Waals surface area contributed by atoms with Crippen molar-refractivity contribution in [3.63, 3.8) is 0 Å². The van der Waals surface area contributed by atoms with E-state index in [-0.39, 0.29) is 18.3 Å². The summed E-state index contributed by atoms with van der Waals surface area (Å²) in [6.07, 6.45) is 2.68. The summed E-state index contributed by atoms with van der Waals surface area (Å²) >= 11 is 1.49. The number of nitrogens with one attached hydrogen (secondary N) is 2. The Bertz CT molecular complexity index is 656. The highest BCUT2D eigenvalue weighted by atomic mass is 35.5. The van der Waals surface area contributed by atoms with Crippen LogP contribution >= 0.6 is 23.7 Å². The highest BCUT2D eigenvalue weighted by molar-refractivity contribution is 7.22. The number of amides is 1. The molecule has 1 aliphatic heterocycles. The minimum absolute atomic E-state index is 0. The highest BCUT2D eigenvalue weighted by Gasteiger charge is 2.16. The van der Waals surface area contributed by atoms with Gasteiger partial charge in [-0.15, -0.1) is 12.4 Å². The van der Waals surface area contributed by atoms with E-state index in [1.807, 2.05) is 25.1 Å². The molecule has 2 N–H and O–H groups in total. The van der Waals surface area contributed by atoms with E-state index in [0.717, 1.165) is 35.5 Å². The summed E-state index contributed by atoms with van der Waals surface area (Å²) in [7, 11) is 0. The summed E-state index contributed by atoms with van der Waals surface area (Å²) in [5.74, 6) is 1.52. The van der Waals surface area contributed by atoms with Gasteiger partial charge in [-0.3, -0.25) is 4.79 Å². The van der Waals surface area contributed by atoms with Crippen molar-refractivity contribution >= 4 is 45.0 Å². The lowest BCUT2D eigenvalue weighted by molar-refractivity contribution is -0.116. The van der Waals surface area contributed by atoms with Crippen molar-refractivity contribution in [3.8, 4) is 5.75 Å². The summed E-state index contributed by atoms with van der Waals surface area (Å²) in [5, 5.41) is 6.90. The molecule has 2 heterocycles. The molecule has 3 rings (SSSR count). The summed E-state index contributed by atoms with van der Waals surface area (Å²) in [4.78, 5) is 16.5. The Balaban J connectivity index is 0.00000192. The molecule has 0 radical (unpaired) electrons. The van der Waals surface area contributed by atoms with Gasteiger partial charge in [-0.1, -0.05) is 11.3 Å². The Labute approximate surface area is 146 Å². The molecule has 126 valence electrons. The summed E-state index contributed by atoms with van der Waals surface area (Å²) in [6.45, 7) is 4.72. The van der Waals surface area contributed by atoms with Crippen LogP contribution in [0.4, 0.5) is 5.13 Å². The lowest BCUT2D eigenvalue weighted by atomic mass is 10.0. The van der Waals surface area contributed by atoms with Gasteiger partial charge in [0.2, 0.25) is 5.91 Å². The minimum atomic E-state index is 0. The molecule has 1 aromatic carbocycles. The van der Waals surface area contributed by atoms with Crippen LogP contribution in [0.5, 0.6) is 5.75 Å². The van der Waals surface area contributed by atoms with Crippen LogP contribution in [0, 0.1) is 5.92 Å². The second kappa shape index (κ2) is 8.47. The zero-order valence-corrected chi connectivity index (χ0v) is 14.8. The van der Waals surface area contributed by atoms with Gasteiger partial charge in [-0.25, -0.2) is 4.98 Å². The van der Waals surface area contributed by atoms with Gasteiger partial charge >= 0.3 is 0 Å². The first-order valence-electron chi connectivity index (χ1n) is 7.78. The SMILES string of the molecule is CCOc1ccc2nc(NC(=O)CCC3CCNC3)sc2c1.Cl. The molecule has 1 aliphatic rings. The molecule has 1 aromatic heterocycles. The quantitative estimate of drug-likeness (QED) is 0.833. The number of ether oxygens (including phenoxy) is 1. The molecule has 1 atom stereocenters. The van der Waals surface area contributed by atoms with Crippen molar-refractivity contribution in [1.82, 2.24) is 10.3 Å². The second-order valence-corrected chi connectivity index (χ2v) is 6.56. The third-order valence-electron chi connectivity index (χ3n) is 3.86. The lowest BCUT2D eigenvalue weighted by Gasteiger charge is -2.06. The van der Waals surface area contributed by atoms with E-state index in [4.69, 9.17) is 4.74 Å². The fraction of sp³-hybridized carbons (Fsp3) is 0.500. The first-order valence-corrected chi connectivity index (χ1v) is 8.60. The van der Waals surface area contributed by atoms with E-state index in [1.165, 1.54) is 17.8 Å². The number of halogens is 1. The van der Waals surface area contributed by atoms with E-state index in [9.17, 15) is 4.79 Å². The molecule has 1 unspecified atom stereocenters. The highest BCUT2D eigenvalue weighted by Crippen LogP contribution is 2.29. The topological polar surface area (TPSA) is 63.2 Å². The van der Waals surface area contributed by atoms with Crippen LogP contribution < -0.4 is 15.4 Å². The molecule has 0 spiro atoms. The Morgan fingerprint density at radius 1 is 1.52 bits per heavy atom. The summed E-state index contributed by atoms with van der Waals surface area (Å²) in [5.41, 5.74) is 0.892. The standard InChI is InChI=1S/C16H21N3O2S.ClH/c1-2-21-12-4-5-13-14(9-12)22-16(18-13)19-15(20)6-3-11-7-8-17-10-11;/h4-5,9,11,17H,2-3,6-8,10H2,1H3,(H,18,19,20);1H. The predicted molar refractivity (Wildman–Crippen MR) is 96.9 cm³/mol. The average Bonchev–Trinajstić information content (AvgIpc) is 3.13. The zero-order chi connectivity index (χ0) is 15.4. The predicted octanol–water partition coefficient (Wildman–Crippen LogP) is 3.45. The van der Waals surface area contributed by atoms with Crippen LogP contribution in [0.25, 0.3) is 10.2 Å². The fourth-order valence-electron chi connectivity index (χ4n) is 2.69. The van der Waals surface area contributed by atoms with Gasteiger partial charge < -0.3 is 15.4 Å². The summed E-state index contributed by atoms with van der Waals surface area (Å²) < 4.78 is 6.51. The number of nitrogens with zero attached hydrogens (tertiary/aromatic N) is 1. The third kappa shape index (κ3) is 4.80. The number of aromatic nitrogens is 1. The maximum absolute atomic E-state index is 12.0. The van der Waals surface area contributed by atoms with Crippen LogP contribution in [-0.2, 0) is 4.79 Å². The van der Waals surface area contributed by atoms with Crippen molar-refractivity contribution in [2.75, 3.05) is 25.0 Å². The largest absolute Gasteiger partial charge is 0.494 e. The Kier molecular flexibility index (Phi) is 6.62. The van der Waals surface area contributed by atoms with Gasteiger partial charge in [0, 0.05) is 6.42 Å².